The summed E-state index contributed by atoms with van der Waals surface area (Å²) in [5, 5.41) is 9.47. The molecule has 0 bridgehead atoms. The number of benzene rings is 1. The molecule has 1 saturated carbocycles. The molecule has 18 heavy (non-hydrogen) atoms. The lowest BCUT2D eigenvalue weighted by molar-refractivity contribution is -0.151. The molecule has 1 fully saturated rings. The van der Waals surface area contributed by atoms with Gasteiger partial charge in [-0.05, 0) is 31.2 Å². The van der Waals surface area contributed by atoms with Crippen molar-refractivity contribution < 1.29 is 9.90 Å². The minimum Gasteiger partial charge on any atom is -0.481 e. The van der Waals surface area contributed by atoms with Crippen LogP contribution in [0.3, 0.4) is 0 Å². The average Bonchev–Trinajstić information content (AvgIpc) is 2.36. The molecule has 1 aromatic carbocycles. The van der Waals surface area contributed by atoms with Gasteiger partial charge in [0.05, 0.1) is 5.92 Å². The van der Waals surface area contributed by atoms with Gasteiger partial charge in [-0.2, -0.15) is 0 Å². The number of hydrogen-bond acceptors (Lipinski definition) is 1. The number of allylic oxidation sites excluding steroid dienone is 2. The van der Waals surface area contributed by atoms with Crippen molar-refractivity contribution in [1.82, 2.24) is 0 Å². The zero-order chi connectivity index (χ0) is 13.3. The van der Waals surface area contributed by atoms with Crippen molar-refractivity contribution in [3.63, 3.8) is 0 Å². The van der Waals surface area contributed by atoms with Crippen molar-refractivity contribution in [2.45, 2.75) is 26.7 Å². The van der Waals surface area contributed by atoms with Gasteiger partial charge in [-0.1, -0.05) is 48.9 Å². The Labute approximate surface area is 108 Å². The van der Waals surface area contributed by atoms with Gasteiger partial charge in [0, 0.05) is 5.92 Å². The van der Waals surface area contributed by atoms with Crippen molar-refractivity contribution in [2.75, 3.05) is 0 Å². The molecular weight excluding hydrogens is 224 g/mol. The van der Waals surface area contributed by atoms with Crippen molar-refractivity contribution in [1.29, 1.82) is 0 Å². The molecule has 2 nitrogen and oxygen atoms in total. The van der Waals surface area contributed by atoms with E-state index in [4.69, 9.17) is 0 Å². The smallest absolute Gasteiger partial charge is 0.307 e. The second-order valence-corrected chi connectivity index (χ2v) is 5.22. The van der Waals surface area contributed by atoms with Crippen molar-refractivity contribution >= 4 is 5.97 Å². The molecule has 96 valence electrons. The maximum absolute atomic E-state index is 11.5. The first kappa shape index (κ1) is 12.9. The second-order valence-electron chi connectivity index (χ2n) is 5.22. The van der Waals surface area contributed by atoms with Crippen LogP contribution in [0.15, 0.2) is 42.0 Å². The van der Waals surface area contributed by atoms with Gasteiger partial charge in [-0.15, -0.1) is 0 Å². The number of hydrogen-bond donors (Lipinski definition) is 1. The topological polar surface area (TPSA) is 37.3 Å². The molecule has 2 heteroatoms. The third kappa shape index (κ3) is 1.96. The molecule has 2 unspecified atom stereocenters. The van der Waals surface area contributed by atoms with Crippen molar-refractivity contribution in [3.8, 4) is 0 Å². The van der Waals surface area contributed by atoms with Crippen molar-refractivity contribution in [2.24, 2.45) is 17.8 Å². The summed E-state index contributed by atoms with van der Waals surface area (Å²) in [7, 11) is 0. The molecular formula is C16H20O2. The highest BCUT2D eigenvalue weighted by Crippen LogP contribution is 2.55. The Morgan fingerprint density at radius 3 is 2.33 bits per heavy atom. The summed E-state index contributed by atoms with van der Waals surface area (Å²) in [4.78, 5) is 11.5. The van der Waals surface area contributed by atoms with Crippen LogP contribution in [-0.2, 0) is 4.79 Å². The molecule has 0 aliphatic heterocycles. The maximum Gasteiger partial charge on any atom is 0.307 e. The average molecular weight is 244 g/mol. The van der Waals surface area contributed by atoms with E-state index in [1.807, 2.05) is 50.3 Å². The van der Waals surface area contributed by atoms with Crippen LogP contribution in [0.1, 0.15) is 32.3 Å². The molecule has 0 saturated heterocycles. The fourth-order valence-corrected chi connectivity index (χ4v) is 3.34. The molecule has 0 radical (unpaired) electrons. The molecule has 1 aliphatic carbocycles. The first-order valence-electron chi connectivity index (χ1n) is 6.48. The monoisotopic (exact) mass is 244 g/mol. The Morgan fingerprint density at radius 1 is 1.22 bits per heavy atom. The van der Waals surface area contributed by atoms with E-state index < -0.39 is 5.97 Å². The fraction of sp³-hybridized carbons (Fsp3) is 0.438. The highest BCUT2D eigenvalue weighted by atomic mass is 16.4. The van der Waals surface area contributed by atoms with Crippen LogP contribution in [-0.4, -0.2) is 11.1 Å². The van der Waals surface area contributed by atoms with E-state index in [1.54, 1.807) is 0 Å². The van der Waals surface area contributed by atoms with Gasteiger partial charge in [-0.3, -0.25) is 4.79 Å². The molecule has 1 N–H and O–H groups in total. The SMILES string of the molecule is C/C=C(\C)[C@H]1C(C)[C@@H](c2ccccc2)C1C(=O)O. The summed E-state index contributed by atoms with van der Waals surface area (Å²) in [6.07, 6.45) is 2.04. The van der Waals surface area contributed by atoms with Gasteiger partial charge in [0.2, 0.25) is 0 Å². The lowest BCUT2D eigenvalue weighted by Crippen LogP contribution is -2.48. The van der Waals surface area contributed by atoms with E-state index in [1.165, 1.54) is 5.57 Å². The predicted octanol–water partition coefficient (Wildman–Crippen LogP) is 3.70. The summed E-state index contributed by atoms with van der Waals surface area (Å²) in [6.45, 7) is 6.18. The molecule has 0 aromatic heterocycles. The van der Waals surface area contributed by atoms with Crippen LogP contribution in [0, 0.1) is 17.8 Å². The standard InChI is InChI=1S/C16H20O2/c1-4-10(2)13-11(3)14(15(13)16(17)18)12-8-6-5-7-9-12/h4-9,11,13-15H,1-3H3,(H,17,18)/b10-4+/t11?,13-,14-,15?/m0/s1. The largest absolute Gasteiger partial charge is 0.481 e. The van der Waals surface area contributed by atoms with Gasteiger partial charge < -0.3 is 5.11 Å². The summed E-state index contributed by atoms with van der Waals surface area (Å²) in [5.41, 5.74) is 2.35. The number of carbonyl (C=O) groups is 1. The van der Waals surface area contributed by atoms with E-state index >= 15 is 0 Å². The Bertz CT molecular complexity index is 461. The van der Waals surface area contributed by atoms with Crippen LogP contribution in [0.5, 0.6) is 0 Å². The lowest BCUT2D eigenvalue weighted by Gasteiger charge is -2.49. The first-order valence-corrected chi connectivity index (χ1v) is 6.48. The maximum atomic E-state index is 11.5. The predicted molar refractivity (Wildman–Crippen MR) is 72.4 cm³/mol. The minimum absolute atomic E-state index is 0.142. The zero-order valence-electron chi connectivity index (χ0n) is 11.1. The van der Waals surface area contributed by atoms with E-state index in [2.05, 4.69) is 6.92 Å². The minimum atomic E-state index is -0.673. The molecule has 2 rings (SSSR count). The Morgan fingerprint density at radius 2 is 1.83 bits per heavy atom. The lowest BCUT2D eigenvalue weighted by atomic mass is 9.53. The van der Waals surface area contributed by atoms with Crippen LogP contribution in [0.25, 0.3) is 0 Å². The second kappa shape index (κ2) is 4.97. The molecule has 0 amide bonds. The summed E-state index contributed by atoms with van der Waals surface area (Å²) in [6, 6.07) is 10.0. The third-order valence-electron chi connectivity index (χ3n) is 4.36. The summed E-state index contributed by atoms with van der Waals surface area (Å²) >= 11 is 0. The van der Waals surface area contributed by atoms with Gasteiger partial charge in [0.15, 0.2) is 0 Å². The number of carboxylic acids is 1. The van der Waals surface area contributed by atoms with Gasteiger partial charge in [0.1, 0.15) is 0 Å². The quantitative estimate of drug-likeness (QED) is 0.823. The molecule has 4 atom stereocenters. The van der Waals surface area contributed by atoms with Crippen LogP contribution < -0.4 is 0 Å². The number of rotatable bonds is 3. The first-order chi connectivity index (χ1) is 8.57. The van der Waals surface area contributed by atoms with E-state index in [0.717, 1.165) is 5.56 Å². The fourth-order valence-electron chi connectivity index (χ4n) is 3.34. The van der Waals surface area contributed by atoms with E-state index in [-0.39, 0.29) is 17.8 Å². The summed E-state index contributed by atoms with van der Waals surface area (Å²) in [5.74, 6) is -0.238. The van der Waals surface area contributed by atoms with Crippen molar-refractivity contribution in [3.05, 3.63) is 47.5 Å². The number of carboxylic acid groups (broad SMARTS) is 1. The van der Waals surface area contributed by atoms with E-state index in [9.17, 15) is 9.90 Å². The third-order valence-corrected chi connectivity index (χ3v) is 4.36. The highest BCUT2D eigenvalue weighted by Gasteiger charge is 2.52. The summed E-state index contributed by atoms with van der Waals surface area (Å²) < 4.78 is 0. The van der Waals surface area contributed by atoms with Gasteiger partial charge in [0.25, 0.3) is 0 Å². The zero-order valence-corrected chi connectivity index (χ0v) is 11.1. The Balaban J connectivity index is 2.31. The molecule has 1 aromatic rings. The van der Waals surface area contributed by atoms with Crippen LogP contribution >= 0.6 is 0 Å². The van der Waals surface area contributed by atoms with Crippen LogP contribution in [0.2, 0.25) is 0 Å². The number of aliphatic carboxylic acids is 1. The Kier molecular flexibility index (Phi) is 3.55. The molecule has 1 aliphatic rings. The highest BCUT2D eigenvalue weighted by molar-refractivity contribution is 5.74. The van der Waals surface area contributed by atoms with Gasteiger partial charge in [-0.25, -0.2) is 0 Å². The van der Waals surface area contributed by atoms with Gasteiger partial charge >= 0.3 is 5.97 Å². The molecule has 0 spiro atoms. The normalized spacial score (nSPS) is 31.8. The Hall–Kier alpha value is -1.57. The molecule has 0 heterocycles. The van der Waals surface area contributed by atoms with Crippen LogP contribution in [0.4, 0.5) is 0 Å². The van der Waals surface area contributed by atoms with E-state index in [0.29, 0.717) is 5.92 Å².